The van der Waals surface area contributed by atoms with Gasteiger partial charge in [0.15, 0.2) is 11.4 Å². The minimum absolute atomic E-state index is 0.0928. The maximum Gasteiger partial charge on any atom is 0.186 e. The number of aldehydes is 1. The fraction of sp³-hybridized carbons (Fsp3) is 0.733. The van der Waals surface area contributed by atoms with E-state index >= 15 is 0 Å². The first kappa shape index (κ1) is 17.1. The summed E-state index contributed by atoms with van der Waals surface area (Å²) in [6.07, 6.45) is 2.02. The molecule has 0 bridgehead atoms. The van der Waals surface area contributed by atoms with Crippen LogP contribution in [0.25, 0.3) is 0 Å². The van der Waals surface area contributed by atoms with E-state index in [1.165, 1.54) is 11.3 Å². The van der Waals surface area contributed by atoms with Crippen molar-refractivity contribution in [2.24, 2.45) is 0 Å². The van der Waals surface area contributed by atoms with Crippen molar-refractivity contribution in [2.75, 3.05) is 38.6 Å². The highest BCUT2D eigenvalue weighted by Gasteiger charge is 2.24. The molecule has 0 amide bonds. The third-order valence-corrected chi connectivity index (χ3v) is 4.08. The molecule has 0 fully saturated rings. The van der Waals surface area contributed by atoms with E-state index in [0.717, 1.165) is 48.0 Å². The molecule has 0 saturated heterocycles. The first-order chi connectivity index (χ1) is 9.29. The normalized spacial score (nSPS) is 11.9. The Morgan fingerprint density at radius 2 is 1.85 bits per heavy atom. The van der Waals surface area contributed by atoms with Gasteiger partial charge in [0, 0.05) is 25.0 Å². The molecule has 0 spiro atoms. The predicted molar refractivity (Wildman–Crippen MR) is 87.3 cm³/mol. The zero-order valence-corrected chi connectivity index (χ0v) is 14.4. The van der Waals surface area contributed by atoms with Gasteiger partial charge in [0.25, 0.3) is 0 Å². The van der Waals surface area contributed by atoms with Crippen molar-refractivity contribution in [3.63, 3.8) is 0 Å². The van der Waals surface area contributed by atoms with Crippen molar-refractivity contribution < 1.29 is 4.79 Å². The van der Waals surface area contributed by atoms with Gasteiger partial charge in [0.2, 0.25) is 0 Å². The number of carbonyl (C=O) groups is 1. The molecular formula is C15H27N3OS. The summed E-state index contributed by atoms with van der Waals surface area (Å²) in [6, 6.07) is 0. The van der Waals surface area contributed by atoms with Crippen LogP contribution in [0.1, 0.15) is 49.5 Å². The molecule has 0 N–H and O–H groups in total. The summed E-state index contributed by atoms with van der Waals surface area (Å²) in [5.74, 6) is 0. The fourth-order valence-corrected chi connectivity index (χ4v) is 3.11. The van der Waals surface area contributed by atoms with Crippen LogP contribution in [0.15, 0.2) is 0 Å². The molecule has 0 aliphatic carbocycles. The van der Waals surface area contributed by atoms with E-state index in [0.29, 0.717) is 0 Å². The highest BCUT2D eigenvalue weighted by molar-refractivity contribution is 7.17. The van der Waals surface area contributed by atoms with Gasteiger partial charge in [0.1, 0.15) is 0 Å². The van der Waals surface area contributed by atoms with Gasteiger partial charge in [-0.05, 0) is 20.5 Å². The average molecular weight is 297 g/mol. The number of nitrogens with zero attached hydrogens (tertiary/aromatic N) is 3. The summed E-state index contributed by atoms with van der Waals surface area (Å²) in [6.45, 7) is 11.4. The van der Waals surface area contributed by atoms with Gasteiger partial charge in [0.05, 0.1) is 10.6 Å². The van der Waals surface area contributed by atoms with Crippen LogP contribution in [0.4, 0.5) is 5.13 Å². The number of anilines is 1. The Balaban J connectivity index is 3.02. The molecule has 0 saturated carbocycles. The SMILES string of the molecule is CCCN(CCN(C)C)c1nc(C(C)(C)C)c(C=O)s1. The lowest BCUT2D eigenvalue weighted by atomic mass is 9.91. The minimum Gasteiger partial charge on any atom is -0.347 e. The molecule has 0 aliphatic heterocycles. The van der Waals surface area contributed by atoms with Crippen LogP contribution in [0.2, 0.25) is 0 Å². The highest BCUT2D eigenvalue weighted by atomic mass is 32.1. The van der Waals surface area contributed by atoms with Crippen molar-refractivity contribution in [3.05, 3.63) is 10.6 Å². The van der Waals surface area contributed by atoms with Gasteiger partial charge in [-0.2, -0.15) is 0 Å². The lowest BCUT2D eigenvalue weighted by Crippen LogP contribution is -2.32. The fourth-order valence-electron chi connectivity index (χ4n) is 1.97. The van der Waals surface area contributed by atoms with E-state index in [9.17, 15) is 4.79 Å². The van der Waals surface area contributed by atoms with Crippen molar-refractivity contribution in [2.45, 2.75) is 39.5 Å². The maximum absolute atomic E-state index is 11.3. The Labute approximate surface area is 126 Å². The molecule has 0 atom stereocenters. The second-order valence-corrected chi connectivity index (χ2v) is 7.38. The monoisotopic (exact) mass is 297 g/mol. The smallest absolute Gasteiger partial charge is 0.186 e. The number of rotatable bonds is 7. The highest BCUT2D eigenvalue weighted by Crippen LogP contribution is 2.32. The van der Waals surface area contributed by atoms with Gasteiger partial charge in [-0.1, -0.05) is 39.0 Å². The quantitative estimate of drug-likeness (QED) is 0.725. The van der Waals surface area contributed by atoms with Gasteiger partial charge in [-0.3, -0.25) is 4.79 Å². The van der Waals surface area contributed by atoms with Crippen molar-refractivity contribution >= 4 is 22.8 Å². The largest absolute Gasteiger partial charge is 0.347 e. The molecule has 0 radical (unpaired) electrons. The average Bonchev–Trinajstić information content (AvgIpc) is 2.78. The van der Waals surface area contributed by atoms with E-state index < -0.39 is 0 Å². The molecule has 20 heavy (non-hydrogen) atoms. The first-order valence-electron chi connectivity index (χ1n) is 7.15. The number of carbonyl (C=O) groups excluding carboxylic acids is 1. The number of hydrogen-bond acceptors (Lipinski definition) is 5. The summed E-state index contributed by atoms with van der Waals surface area (Å²) < 4.78 is 0. The third kappa shape index (κ3) is 4.56. The molecular weight excluding hydrogens is 270 g/mol. The van der Waals surface area contributed by atoms with Crippen LogP contribution < -0.4 is 4.90 Å². The van der Waals surface area contributed by atoms with Gasteiger partial charge in [-0.15, -0.1) is 0 Å². The van der Waals surface area contributed by atoms with E-state index in [2.05, 4.69) is 51.6 Å². The van der Waals surface area contributed by atoms with E-state index in [4.69, 9.17) is 4.98 Å². The molecule has 1 aromatic heterocycles. The van der Waals surface area contributed by atoms with Crippen molar-refractivity contribution in [1.82, 2.24) is 9.88 Å². The molecule has 1 rings (SSSR count). The maximum atomic E-state index is 11.3. The Bertz CT molecular complexity index is 435. The Hall–Kier alpha value is -0.940. The summed E-state index contributed by atoms with van der Waals surface area (Å²) in [5, 5.41) is 0.973. The molecule has 1 heterocycles. The molecule has 0 aromatic carbocycles. The number of aromatic nitrogens is 1. The minimum atomic E-state index is -0.0928. The summed E-state index contributed by atoms with van der Waals surface area (Å²) >= 11 is 1.51. The second kappa shape index (κ2) is 7.18. The Morgan fingerprint density at radius 3 is 2.25 bits per heavy atom. The molecule has 0 aliphatic rings. The topological polar surface area (TPSA) is 36.4 Å². The molecule has 4 nitrogen and oxygen atoms in total. The first-order valence-corrected chi connectivity index (χ1v) is 7.97. The zero-order chi connectivity index (χ0) is 15.3. The second-order valence-electron chi connectivity index (χ2n) is 6.37. The molecule has 1 aromatic rings. The van der Waals surface area contributed by atoms with Gasteiger partial charge in [-0.25, -0.2) is 4.98 Å². The van der Waals surface area contributed by atoms with Crippen LogP contribution in [-0.2, 0) is 5.41 Å². The number of likely N-dealkylation sites (N-methyl/N-ethyl adjacent to an activating group) is 1. The standard InChI is InChI=1S/C15H27N3OS/c1-7-8-18(10-9-17(5)6)14-16-13(15(2,3)4)12(11-19)20-14/h11H,7-10H2,1-6H3. The summed E-state index contributed by atoms with van der Waals surface area (Å²) in [4.78, 5) is 21.2. The van der Waals surface area contributed by atoms with Crippen LogP contribution in [-0.4, -0.2) is 49.9 Å². The van der Waals surface area contributed by atoms with E-state index in [-0.39, 0.29) is 5.41 Å². The Morgan fingerprint density at radius 1 is 1.20 bits per heavy atom. The Kier molecular flexibility index (Phi) is 6.14. The molecule has 0 unspecified atom stereocenters. The lowest BCUT2D eigenvalue weighted by Gasteiger charge is -2.23. The van der Waals surface area contributed by atoms with Crippen molar-refractivity contribution in [3.8, 4) is 0 Å². The third-order valence-electron chi connectivity index (χ3n) is 3.04. The van der Waals surface area contributed by atoms with Gasteiger partial charge >= 0.3 is 0 Å². The van der Waals surface area contributed by atoms with Crippen LogP contribution in [0.5, 0.6) is 0 Å². The van der Waals surface area contributed by atoms with E-state index in [1.807, 2.05) is 0 Å². The van der Waals surface area contributed by atoms with Crippen molar-refractivity contribution in [1.29, 1.82) is 0 Å². The number of hydrogen-bond donors (Lipinski definition) is 0. The molecule has 5 heteroatoms. The van der Waals surface area contributed by atoms with Gasteiger partial charge < -0.3 is 9.80 Å². The van der Waals surface area contributed by atoms with Crippen LogP contribution in [0.3, 0.4) is 0 Å². The lowest BCUT2D eigenvalue weighted by molar-refractivity contribution is 0.112. The summed E-state index contributed by atoms with van der Waals surface area (Å²) in [7, 11) is 4.15. The number of thiazole rings is 1. The van der Waals surface area contributed by atoms with E-state index in [1.54, 1.807) is 0 Å². The molecule has 114 valence electrons. The van der Waals surface area contributed by atoms with Crippen LogP contribution in [0, 0.1) is 0 Å². The predicted octanol–water partition coefficient (Wildman–Crippen LogP) is 3.03. The summed E-state index contributed by atoms with van der Waals surface area (Å²) in [5.41, 5.74) is 0.822. The van der Waals surface area contributed by atoms with Crippen LogP contribution >= 0.6 is 11.3 Å². The zero-order valence-electron chi connectivity index (χ0n) is 13.6.